The molecule has 0 radical (unpaired) electrons. The fraction of sp³-hybridized carbons (Fsp3) is 0.579. The number of aryl methyl sites for hydroxylation is 2. The van der Waals surface area contributed by atoms with Crippen molar-refractivity contribution in [2.75, 3.05) is 26.7 Å². The van der Waals surface area contributed by atoms with E-state index in [1.807, 2.05) is 42.8 Å². The summed E-state index contributed by atoms with van der Waals surface area (Å²) >= 11 is 0. The molecule has 1 aromatic carbocycles. The van der Waals surface area contributed by atoms with E-state index in [9.17, 15) is 14.7 Å². The predicted molar refractivity (Wildman–Crippen MR) is 92.2 cm³/mol. The van der Waals surface area contributed by atoms with Crippen molar-refractivity contribution in [2.24, 2.45) is 5.41 Å². The van der Waals surface area contributed by atoms with Crippen LogP contribution >= 0.6 is 0 Å². The second-order valence-corrected chi connectivity index (χ2v) is 7.64. The summed E-state index contributed by atoms with van der Waals surface area (Å²) in [5.41, 5.74) is 3.02. The van der Waals surface area contributed by atoms with Gasteiger partial charge in [0, 0.05) is 25.2 Å². The molecule has 1 amide bonds. The van der Waals surface area contributed by atoms with Crippen LogP contribution in [0.3, 0.4) is 0 Å². The van der Waals surface area contributed by atoms with E-state index in [-0.39, 0.29) is 17.4 Å². The number of hydrogen-bond donors (Lipinski definition) is 1. The van der Waals surface area contributed by atoms with Gasteiger partial charge in [0.1, 0.15) is 6.04 Å². The first-order valence-electron chi connectivity index (χ1n) is 8.60. The Morgan fingerprint density at radius 1 is 1.12 bits per heavy atom. The Labute approximate surface area is 143 Å². The average molecular weight is 330 g/mol. The van der Waals surface area contributed by atoms with Gasteiger partial charge in [-0.05, 0) is 57.7 Å². The molecule has 1 atom stereocenters. The van der Waals surface area contributed by atoms with Crippen LogP contribution in [-0.2, 0) is 4.79 Å². The van der Waals surface area contributed by atoms with E-state index in [1.54, 1.807) is 0 Å². The Kier molecular flexibility index (Phi) is 4.38. The molecule has 5 heteroatoms. The molecule has 0 unspecified atom stereocenters. The van der Waals surface area contributed by atoms with E-state index >= 15 is 0 Å². The molecule has 2 aliphatic heterocycles. The Morgan fingerprint density at radius 2 is 1.71 bits per heavy atom. The highest BCUT2D eigenvalue weighted by atomic mass is 16.4. The van der Waals surface area contributed by atoms with Gasteiger partial charge in [-0.1, -0.05) is 17.2 Å². The number of carbonyl (C=O) groups excluding carboxylic acids is 1. The molecule has 2 aliphatic rings. The molecule has 0 saturated carbocycles. The minimum atomic E-state index is -0.733. The van der Waals surface area contributed by atoms with Gasteiger partial charge in [0.25, 0.3) is 5.91 Å². The van der Waals surface area contributed by atoms with Crippen molar-refractivity contribution in [1.29, 1.82) is 0 Å². The third kappa shape index (κ3) is 3.18. The van der Waals surface area contributed by atoms with E-state index in [1.165, 1.54) is 0 Å². The van der Waals surface area contributed by atoms with E-state index < -0.39 is 5.97 Å². The summed E-state index contributed by atoms with van der Waals surface area (Å²) < 4.78 is 0. The number of carboxylic acids is 1. The minimum Gasteiger partial charge on any atom is -0.480 e. The van der Waals surface area contributed by atoms with Crippen molar-refractivity contribution in [3.8, 4) is 0 Å². The molecule has 2 saturated heterocycles. The van der Waals surface area contributed by atoms with Crippen LogP contribution in [0.1, 0.15) is 40.7 Å². The van der Waals surface area contributed by atoms with Gasteiger partial charge in [0.15, 0.2) is 0 Å². The fourth-order valence-electron chi connectivity index (χ4n) is 4.37. The topological polar surface area (TPSA) is 60.9 Å². The van der Waals surface area contributed by atoms with Crippen molar-refractivity contribution < 1.29 is 14.7 Å². The summed E-state index contributed by atoms with van der Waals surface area (Å²) in [7, 11) is 1.89. The quantitative estimate of drug-likeness (QED) is 0.904. The SMILES string of the molecule is Cc1cc(C)cc(C(=O)N2CCC3(CC2)C[C@H](C(=O)O)N(C)C3)c1. The first-order chi connectivity index (χ1) is 11.3. The van der Waals surface area contributed by atoms with Gasteiger partial charge < -0.3 is 10.0 Å². The number of nitrogens with zero attached hydrogens (tertiary/aromatic N) is 2. The first-order valence-corrected chi connectivity index (χ1v) is 8.60. The number of carboxylic acid groups (broad SMARTS) is 1. The molecule has 5 nitrogen and oxygen atoms in total. The summed E-state index contributed by atoms with van der Waals surface area (Å²) in [6.45, 7) is 6.26. The van der Waals surface area contributed by atoms with Gasteiger partial charge in [-0.3, -0.25) is 14.5 Å². The van der Waals surface area contributed by atoms with Gasteiger partial charge in [0.2, 0.25) is 0 Å². The van der Waals surface area contributed by atoms with Crippen molar-refractivity contribution in [3.05, 3.63) is 34.9 Å². The van der Waals surface area contributed by atoms with Crippen LogP contribution in [-0.4, -0.2) is 59.5 Å². The Hall–Kier alpha value is -1.88. The average Bonchev–Trinajstić information content (AvgIpc) is 2.83. The third-order valence-electron chi connectivity index (χ3n) is 5.61. The first kappa shape index (κ1) is 17.0. The number of hydrogen-bond acceptors (Lipinski definition) is 3. The lowest BCUT2D eigenvalue weighted by Gasteiger charge is -2.39. The third-order valence-corrected chi connectivity index (χ3v) is 5.61. The largest absolute Gasteiger partial charge is 0.480 e. The molecular formula is C19H26N2O3. The fourth-order valence-corrected chi connectivity index (χ4v) is 4.37. The normalized spacial score (nSPS) is 23.6. The number of likely N-dealkylation sites (N-methyl/N-ethyl adjacent to an activating group) is 1. The molecule has 3 rings (SSSR count). The van der Waals surface area contributed by atoms with Crippen LogP contribution in [0.25, 0.3) is 0 Å². The highest BCUT2D eigenvalue weighted by molar-refractivity contribution is 5.94. The maximum atomic E-state index is 12.8. The molecule has 2 fully saturated rings. The molecule has 0 bridgehead atoms. The van der Waals surface area contributed by atoms with Crippen LogP contribution in [0.4, 0.5) is 0 Å². The van der Waals surface area contributed by atoms with Crippen LogP contribution in [0.2, 0.25) is 0 Å². The van der Waals surface area contributed by atoms with Crippen molar-refractivity contribution in [1.82, 2.24) is 9.80 Å². The van der Waals surface area contributed by atoms with Crippen LogP contribution in [0.15, 0.2) is 18.2 Å². The molecular weight excluding hydrogens is 304 g/mol. The number of likely N-dealkylation sites (tertiary alicyclic amines) is 2. The minimum absolute atomic E-state index is 0.0527. The highest BCUT2D eigenvalue weighted by Gasteiger charge is 2.47. The number of amides is 1. The summed E-state index contributed by atoms with van der Waals surface area (Å²) in [6, 6.07) is 5.58. The van der Waals surface area contributed by atoms with Crippen molar-refractivity contribution in [2.45, 2.75) is 39.2 Å². The van der Waals surface area contributed by atoms with Crippen molar-refractivity contribution >= 4 is 11.9 Å². The maximum Gasteiger partial charge on any atom is 0.320 e. The Morgan fingerprint density at radius 3 is 2.21 bits per heavy atom. The lowest BCUT2D eigenvalue weighted by Crippen LogP contribution is -2.44. The summed E-state index contributed by atoms with van der Waals surface area (Å²) in [5, 5.41) is 9.33. The number of rotatable bonds is 2. The standard InChI is InChI=1S/C19H26N2O3/c1-13-8-14(2)10-15(9-13)17(22)21-6-4-19(5-7-21)11-16(18(23)24)20(3)12-19/h8-10,16H,4-7,11-12H2,1-3H3,(H,23,24)/t16-/m1/s1. The van der Waals surface area contributed by atoms with Crippen molar-refractivity contribution in [3.63, 3.8) is 0 Å². The lowest BCUT2D eigenvalue weighted by molar-refractivity contribution is -0.141. The molecule has 1 aromatic rings. The van der Waals surface area contributed by atoms with Gasteiger partial charge in [-0.2, -0.15) is 0 Å². The number of carbonyl (C=O) groups is 2. The van der Waals surface area contributed by atoms with E-state index in [0.717, 1.165) is 36.1 Å². The van der Waals surface area contributed by atoms with Gasteiger partial charge >= 0.3 is 5.97 Å². The van der Waals surface area contributed by atoms with Gasteiger partial charge in [0.05, 0.1) is 0 Å². The molecule has 1 spiro atoms. The molecule has 0 aromatic heterocycles. The molecule has 2 heterocycles. The monoisotopic (exact) mass is 330 g/mol. The zero-order chi connectivity index (χ0) is 17.5. The molecule has 130 valence electrons. The van der Waals surface area contributed by atoms with E-state index in [4.69, 9.17) is 0 Å². The number of piperidine rings is 1. The summed E-state index contributed by atoms with van der Waals surface area (Å²) in [5.74, 6) is -0.638. The number of aliphatic carboxylic acids is 1. The molecule has 1 N–H and O–H groups in total. The van der Waals surface area contributed by atoms with E-state index in [0.29, 0.717) is 19.5 Å². The lowest BCUT2D eigenvalue weighted by atomic mass is 9.76. The number of benzene rings is 1. The van der Waals surface area contributed by atoms with Gasteiger partial charge in [-0.25, -0.2) is 0 Å². The Bertz CT molecular complexity index is 642. The maximum absolute atomic E-state index is 12.8. The highest BCUT2D eigenvalue weighted by Crippen LogP contribution is 2.43. The summed E-state index contributed by atoms with van der Waals surface area (Å²) in [6.07, 6.45) is 2.47. The zero-order valence-electron chi connectivity index (χ0n) is 14.7. The van der Waals surface area contributed by atoms with E-state index in [2.05, 4.69) is 6.07 Å². The molecule has 24 heavy (non-hydrogen) atoms. The summed E-state index contributed by atoms with van der Waals surface area (Å²) in [4.78, 5) is 28.0. The second-order valence-electron chi connectivity index (χ2n) is 7.64. The van der Waals surface area contributed by atoms with Crippen LogP contribution < -0.4 is 0 Å². The Balaban J connectivity index is 1.67. The smallest absolute Gasteiger partial charge is 0.320 e. The second kappa shape index (κ2) is 6.20. The van der Waals surface area contributed by atoms with Crippen LogP contribution in [0.5, 0.6) is 0 Å². The predicted octanol–water partition coefficient (Wildman–Crippen LogP) is 2.31. The van der Waals surface area contributed by atoms with Gasteiger partial charge in [-0.15, -0.1) is 0 Å². The van der Waals surface area contributed by atoms with Crippen LogP contribution in [0, 0.1) is 19.3 Å². The molecule has 0 aliphatic carbocycles. The zero-order valence-corrected chi connectivity index (χ0v) is 14.7.